The Hall–Kier alpha value is -1.32. The fourth-order valence-corrected chi connectivity index (χ4v) is 3.15. The number of hydrogen-bond donors (Lipinski definition) is 1. The second-order valence-corrected chi connectivity index (χ2v) is 6.29. The molecule has 1 N–H and O–H groups in total. The first kappa shape index (κ1) is 13.7. The van der Waals surface area contributed by atoms with E-state index in [9.17, 15) is 0 Å². The molecule has 0 aliphatic carbocycles. The van der Waals surface area contributed by atoms with Crippen LogP contribution in [0.5, 0.6) is 0 Å². The van der Waals surface area contributed by atoms with Gasteiger partial charge in [0.05, 0.1) is 0 Å². The predicted molar refractivity (Wildman–Crippen MR) is 93.1 cm³/mol. The van der Waals surface area contributed by atoms with Gasteiger partial charge in [-0.25, -0.2) is 0 Å². The summed E-state index contributed by atoms with van der Waals surface area (Å²) < 4.78 is 2.26. The van der Waals surface area contributed by atoms with E-state index in [-0.39, 0.29) is 0 Å². The molecule has 0 saturated carbocycles. The molecule has 100 valence electrons. The van der Waals surface area contributed by atoms with Crippen LogP contribution in [0, 0.1) is 0 Å². The Bertz CT molecular complexity index is 753. The van der Waals surface area contributed by atoms with Gasteiger partial charge in [0.1, 0.15) is 0 Å². The highest BCUT2D eigenvalue weighted by Gasteiger charge is 2.04. The monoisotopic (exact) mass is 389 g/mol. The van der Waals surface area contributed by atoms with Crippen molar-refractivity contribution in [3.05, 3.63) is 75.2 Å². The fourth-order valence-electron chi connectivity index (χ4n) is 2.25. The zero-order chi connectivity index (χ0) is 13.9. The molecule has 20 heavy (non-hydrogen) atoms. The Morgan fingerprint density at radius 1 is 0.700 bits per heavy atom. The van der Waals surface area contributed by atoms with Crippen LogP contribution in [0.4, 0.5) is 5.69 Å². The van der Waals surface area contributed by atoms with Crippen molar-refractivity contribution in [3.8, 4) is 0 Å². The lowest BCUT2D eigenvalue weighted by Crippen LogP contribution is -2.00. The molecule has 0 bridgehead atoms. The highest BCUT2D eigenvalue weighted by molar-refractivity contribution is 9.11. The second-order valence-electron chi connectivity index (χ2n) is 4.59. The molecule has 3 heteroatoms. The third-order valence-electron chi connectivity index (χ3n) is 3.30. The quantitative estimate of drug-likeness (QED) is 0.580. The molecule has 3 rings (SSSR count). The van der Waals surface area contributed by atoms with Gasteiger partial charge in [-0.3, -0.25) is 0 Å². The van der Waals surface area contributed by atoms with Crippen molar-refractivity contribution in [2.24, 2.45) is 0 Å². The number of anilines is 1. The van der Waals surface area contributed by atoms with E-state index in [2.05, 4.69) is 91.8 Å². The molecule has 0 fully saturated rings. The van der Waals surface area contributed by atoms with Gasteiger partial charge < -0.3 is 5.32 Å². The summed E-state index contributed by atoms with van der Waals surface area (Å²) in [4.78, 5) is 0. The summed E-state index contributed by atoms with van der Waals surface area (Å²) in [5, 5.41) is 5.98. The van der Waals surface area contributed by atoms with Gasteiger partial charge in [-0.1, -0.05) is 74.3 Å². The molecule has 0 spiro atoms. The van der Waals surface area contributed by atoms with Crippen molar-refractivity contribution < 1.29 is 0 Å². The number of rotatable bonds is 3. The summed E-state index contributed by atoms with van der Waals surface area (Å²) in [6.07, 6.45) is 0. The lowest BCUT2D eigenvalue weighted by molar-refractivity contribution is 1.14. The SMILES string of the molecule is Brc1ccccc1CNc1ccc(Br)c2ccccc12. The maximum Gasteiger partial charge on any atom is 0.0423 e. The van der Waals surface area contributed by atoms with Gasteiger partial charge in [-0.05, 0) is 29.1 Å². The maximum atomic E-state index is 3.60. The third-order valence-corrected chi connectivity index (χ3v) is 4.76. The highest BCUT2D eigenvalue weighted by Crippen LogP contribution is 2.30. The summed E-state index contributed by atoms with van der Waals surface area (Å²) in [6.45, 7) is 0.799. The molecular formula is C17H13Br2N. The third kappa shape index (κ3) is 2.74. The molecule has 0 radical (unpaired) electrons. The first-order valence-corrected chi connectivity index (χ1v) is 7.99. The van der Waals surface area contributed by atoms with Crippen LogP contribution >= 0.6 is 31.9 Å². The van der Waals surface area contributed by atoms with Gasteiger partial charge in [0, 0.05) is 26.6 Å². The zero-order valence-electron chi connectivity index (χ0n) is 10.7. The Kier molecular flexibility index (Phi) is 4.08. The van der Waals surface area contributed by atoms with Gasteiger partial charge in [0.2, 0.25) is 0 Å². The largest absolute Gasteiger partial charge is 0.380 e. The number of hydrogen-bond acceptors (Lipinski definition) is 1. The van der Waals surface area contributed by atoms with Crippen LogP contribution in [0.3, 0.4) is 0 Å². The van der Waals surface area contributed by atoms with Gasteiger partial charge in [-0.2, -0.15) is 0 Å². The van der Waals surface area contributed by atoms with E-state index < -0.39 is 0 Å². The molecule has 0 heterocycles. The molecule has 0 amide bonds. The van der Waals surface area contributed by atoms with Crippen LogP contribution in [0.25, 0.3) is 10.8 Å². The molecule has 0 atom stereocenters. The minimum atomic E-state index is 0.799. The lowest BCUT2D eigenvalue weighted by atomic mass is 10.1. The van der Waals surface area contributed by atoms with Gasteiger partial charge in [0.15, 0.2) is 0 Å². The smallest absolute Gasteiger partial charge is 0.0423 e. The topological polar surface area (TPSA) is 12.0 Å². The number of nitrogens with one attached hydrogen (secondary N) is 1. The molecule has 0 saturated heterocycles. The Morgan fingerprint density at radius 2 is 1.40 bits per heavy atom. The Balaban J connectivity index is 1.92. The van der Waals surface area contributed by atoms with E-state index in [1.165, 1.54) is 16.3 Å². The molecule has 3 aromatic rings. The maximum absolute atomic E-state index is 3.60. The van der Waals surface area contributed by atoms with Crippen molar-refractivity contribution >= 4 is 48.3 Å². The standard InChI is InChI=1S/C17H13Br2N/c18-15-8-4-1-5-12(15)11-20-17-10-9-16(19)13-6-2-3-7-14(13)17/h1-10,20H,11H2. The van der Waals surface area contributed by atoms with E-state index in [1.54, 1.807) is 0 Å². The number of fused-ring (bicyclic) bond motifs is 1. The Labute approximate surface area is 135 Å². The predicted octanol–water partition coefficient (Wildman–Crippen LogP) is 5.98. The van der Waals surface area contributed by atoms with Crippen LogP contribution in [0.2, 0.25) is 0 Å². The minimum absolute atomic E-state index is 0.799. The van der Waals surface area contributed by atoms with E-state index in [0.29, 0.717) is 0 Å². The van der Waals surface area contributed by atoms with Crippen molar-refractivity contribution in [1.82, 2.24) is 0 Å². The summed E-state index contributed by atoms with van der Waals surface area (Å²) in [5.41, 5.74) is 2.40. The number of benzene rings is 3. The first-order valence-electron chi connectivity index (χ1n) is 6.40. The van der Waals surface area contributed by atoms with Gasteiger partial charge in [-0.15, -0.1) is 0 Å². The summed E-state index contributed by atoms with van der Waals surface area (Å²) in [7, 11) is 0. The van der Waals surface area contributed by atoms with Crippen LogP contribution < -0.4 is 5.32 Å². The van der Waals surface area contributed by atoms with E-state index in [4.69, 9.17) is 0 Å². The van der Waals surface area contributed by atoms with Crippen LogP contribution in [0.1, 0.15) is 5.56 Å². The summed E-state index contributed by atoms with van der Waals surface area (Å²) in [5.74, 6) is 0. The van der Waals surface area contributed by atoms with Crippen molar-refractivity contribution in [1.29, 1.82) is 0 Å². The summed E-state index contributed by atoms with van der Waals surface area (Å²) >= 11 is 7.19. The lowest BCUT2D eigenvalue weighted by Gasteiger charge is -2.12. The average molecular weight is 391 g/mol. The zero-order valence-corrected chi connectivity index (χ0v) is 13.9. The van der Waals surface area contributed by atoms with Crippen LogP contribution in [-0.4, -0.2) is 0 Å². The van der Waals surface area contributed by atoms with Crippen LogP contribution in [0.15, 0.2) is 69.6 Å². The van der Waals surface area contributed by atoms with Crippen molar-refractivity contribution in [2.45, 2.75) is 6.54 Å². The molecule has 3 aromatic carbocycles. The van der Waals surface area contributed by atoms with Gasteiger partial charge in [0.25, 0.3) is 0 Å². The van der Waals surface area contributed by atoms with Gasteiger partial charge >= 0.3 is 0 Å². The normalized spacial score (nSPS) is 10.7. The fraction of sp³-hybridized carbons (Fsp3) is 0.0588. The van der Waals surface area contributed by atoms with Crippen molar-refractivity contribution in [3.63, 3.8) is 0 Å². The first-order chi connectivity index (χ1) is 9.75. The average Bonchev–Trinajstić information content (AvgIpc) is 2.48. The molecule has 0 aliphatic heterocycles. The summed E-state index contributed by atoms with van der Waals surface area (Å²) in [6, 6.07) is 20.9. The van der Waals surface area contributed by atoms with E-state index >= 15 is 0 Å². The molecule has 1 nitrogen and oxygen atoms in total. The minimum Gasteiger partial charge on any atom is -0.380 e. The Morgan fingerprint density at radius 3 is 2.20 bits per heavy atom. The van der Waals surface area contributed by atoms with Crippen LogP contribution in [-0.2, 0) is 6.54 Å². The highest BCUT2D eigenvalue weighted by atomic mass is 79.9. The molecule has 0 aromatic heterocycles. The second kappa shape index (κ2) is 5.98. The molecule has 0 unspecified atom stereocenters. The number of halogens is 2. The molecular weight excluding hydrogens is 378 g/mol. The molecule has 0 aliphatic rings. The van der Waals surface area contributed by atoms with E-state index in [0.717, 1.165) is 21.2 Å². The van der Waals surface area contributed by atoms with E-state index in [1.807, 2.05) is 6.07 Å². The van der Waals surface area contributed by atoms with Crippen molar-refractivity contribution in [2.75, 3.05) is 5.32 Å².